The van der Waals surface area contributed by atoms with Gasteiger partial charge in [-0.15, -0.1) is 0 Å². The predicted molar refractivity (Wildman–Crippen MR) is 90.2 cm³/mol. The van der Waals surface area contributed by atoms with E-state index in [-0.39, 0.29) is 11.5 Å². The number of benzene rings is 1. The number of oxazole rings is 1. The summed E-state index contributed by atoms with van der Waals surface area (Å²) in [4.78, 5) is 9.05. The Labute approximate surface area is 146 Å². The fraction of sp³-hybridized carbons (Fsp3) is 0.500. The molecule has 3 rings (SSSR count). The second-order valence-corrected chi connectivity index (χ2v) is 6.23. The molecule has 1 saturated heterocycles. The molecule has 0 spiro atoms. The molecule has 0 aliphatic carbocycles. The van der Waals surface area contributed by atoms with E-state index in [4.69, 9.17) is 9.15 Å². The number of rotatable bonds is 6. The molecule has 0 radical (unpaired) electrons. The zero-order valence-corrected chi connectivity index (χ0v) is 14.6. The van der Waals surface area contributed by atoms with Gasteiger partial charge in [-0.3, -0.25) is 9.80 Å². The third-order valence-corrected chi connectivity index (χ3v) is 4.52. The number of aromatic nitrogens is 1. The first-order valence-corrected chi connectivity index (χ1v) is 8.43. The standard InChI is InChI=1S/C18H23F2N3O2/c1-13-16(12-23-8-6-22(7-9-23)10-11-24-2)21-18(25-13)14-4-3-5-15(19)17(14)20/h3-5H,6-12H2,1-2H3. The quantitative estimate of drug-likeness (QED) is 0.800. The molecule has 7 heteroatoms. The minimum Gasteiger partial charge on any atom is -0.441 e. The van der Waals surface area contributed by atoms with Crippen LogP contribution in [-0.4, -0.2) is 61.2 Å². The summed E-state index contributed by atoms with van der Waals surface area (Å²) in [6.07, 6.45) is 0. The third kappa shape index (κ3) is 4.23. The Morgan fingerprint density at radius 2 is 1.88 bits per heavy atom. The fourth-order valence-corrected chi connectivity index (χ4v) is 2.96. The van der Waals surface area contributed by atoms with Gasteiger partial charge in [0.05, 0.1) is 17.9 Å². The largest absolute Gasteiger partial charge is 0.441 e. The number of halogens is 2. The number of hydrogen-bond donors (Lipinski definition) is 0. The number of methoxy groups -OCH3 is 1. The average molecular weight is 351 g/mol. The van der Waals surface area contributed by atoms with Crippen molar-refractivity contribution in [3.8, 4) is 11.5 Å². The molecule has 2 heterocycles. The normalized spacial score (nSPS) is 16.5. The molecule has 0 N–H and O–H groups in total. The molecule has 0 bridgehead atoms. The predicted octanol–water partition coefficient (Wildman–Crippen LogP) is 2.69. The molecular weight excluding hydrogens is 328 g/mol. The molecule has 0 saturated carbocycles. The van der Waals surface area contributed by atoms with Crippen LogP contribution in [0.4, 0.5) is 8.78 Å². The van der Waals surface area contributed by atoms with Gasteiger partial charge in [-0.25, -0.2) is 13.8 Å². The van der Waals surface area contributed by atoms with Crippen molar-refractivity contribution in [2.24, 2.45) is 0 Å². The Morgan fingerprint density at radius 1 is 1.16 bits per heavy atom. The summed E-state index contributed by atoms with van der Waals surface area (Å²) in [5.41, 5.74) is 0.822. The van der Waals surface area contributed by atoms with Crippen LogP contribution in [0, 0.1) is 18.6 Å². The van der Waals surface area contributed by atoms with Gasteiger partial charge in [0.25, 0.3) is 0 Å². The zero-order valence-electron chi connectivity index (χ0n) is 14.6. The molecule has 1 aliphatic rings. The first kappa shape index (κ1) is 18.0. The van der Waals surface area contributed by atoms with Crippen LogP contribution in [0.2, 0.25) is 0 Å². The van der Waals surface area contributed by atoms with Crippen molar-refractivity contribution in [2.75, 3.05) is 46.4 Å². The minimum absolute atomic E-state index is 0.0544. The first-order valence-electron chi connectivity index (χ1n) is 8.43. The summed E-state index contributed by atoms with van der Waals surface area (Å²) >= 11 is 0. The van der Waals surface area contributed by atoms with Gasteiger partial charge in [0.1, 0.15) is 5.76 Å². The second kappa shape index (κ2) is 8.03. The van der Waals surface area contributed by atoms with Crippen molar-refractivity contribution in [2.45, 2.75) is 13.5 Å². The van der Waals surface area contributed by atoms with E-state index in [2.05, 4.69) is 14.8 Å². The molecule has 1 aliphatic heterocycles. The van der Waals surface area contributed by atoms with E-state index in [1.807, 2.05) is 0 Å². The second-order valence-electron chi connectivity index (χ2n) is 6.23. The van der Waals surface area contributed by atoms with Crippen LogP contribution in [-0.2, 0) is 11.3 Å². The van der Waals surface area contributed by atoms with E-state index in [1.165, 1.54) is 12.1 Å². The Bertz CT molecular complexity index is 712. The van der Waals surface area contributed by atoms with Crippen LogP contribution in [0.25, 0.3) is 11.5 Å². The molecule has 136 valence electrons. The van der Waals surface area contributed by atoms with Gasteiger partial charge < -0.3 is 9.15 Å². The Balaban J connectivity index is 1.65. The Morgan fingerprint density at radius 3 is 2.60 bits per heavy atom. The lowest BCUT2D eigenvalue weighted by molar-refractivity contribution is 0.0931. The van der Waals surface area contributed by atoms with Gasteiger partial charge in [0, 0.05) is 46.4 Å². The third-order valence-electron chi connectivity index (χ3n) is 4.52. The highest BCUT2D eigenvalue weighted by Crippen LogP contribution is 2.26. The molecule has 1 aromatic heterocycles. The lowest BCUT2D eigenvalue weighted by Crippen LogP contribution is -2.46. The summed E-state index contributed by atoms with van der Waals surface area (Å²) < 4.78 is 38.0. The summed E-state index contributed by atoms with van der Waals surface area (Å²) in [6.45, 7) is 7.94. The average Bonchev–Trinajstić information content (AvgIpc) is 2.97. The van der Waals surface area contributed by atoms with E-state index < -0.39 is 11.6 Å². The van der Waals surface area contributed by atoms with Crippen LogP contribution >= 0.6 is 0 Å². The molecule has 5 nitrogen and oxygen atoms in total. The molecule has 0 atom stereocenters. The van der Waals surface area contributed by atoms with Crippen molar-refractivity contribution < 1.29 is 17.9 Å². The number of hydrogen-bond acceptors (Lipinski definition) is 5. The Hall–Kier alpha value is -1.83. The number of ether oxygens (including phenoxy) is 1. The molecule has 0 amide bonds. The molecule has 2 aromatic rings. The molecular formula is C18H23F2N3O2. The molecule has 0 unspecified atom stereocenters. The summed E-state index contributed by atoms with van der Waals surface area (Å²) in [6, 6.07) is 4.01. The highest BCUT2D eigenvalue weighted by molar-refractivity contribution is 5.54. The number of nitrogens with zero attached hydrogens (tertiary/aromatic N) is 3. The van der Waals surface area contributed by atoms with E-state index in [0.717, 1.165) is 51.1 Å². The maximum atomic E-state index is 13.9. The van der Waals surface area contributed by atoms with Crippen LogP contribution in [0.1, 0.15) is 11.5 Å². The maximum absolute atomic E-state index is 13.9. The van der Waals surface area contributed by atoms with Crippen molar-refractivity contribution in [1.29, 1.82) is 0 Å². The summed E-state index contributed by atoms with van der Waals surface area (Å²) in [5.74, 6) is -1.06. The van der Waals surface area contributed by atoms with Gasteiger partial charge in [-0.2, -0.15) is 0 Å². The van der Waals surface area contributed by atoms with Gasteiger partial charge in [-0.1, -0.05) is 6.07 Å². The lowest BCUT2D eigenvalue weighted by Gasteiger charge is -2.34. The zero-order chi connectivity index (χ0) is 17.8. The fourth-order valence-electron chi connectivity index (χ4n) is 2.96. The van der Waals surface area contributed by atoms with Crippen molar-refractivity contribution in [3.63, 3.8) is 0 Å². The van der Waals surface area contributed by atoms with Crippen molar-refractivity contribution >= 4 is 0 Å². The van der Waals surface area contributed by atoms with Gasteiger partial charge >= 0.3 is 0 Å². The van der Waals surface area contributed by atoms with Crippen molar-refractivity contribution in [3.05, 3.63) is 41.3 Å². The first-order chi connectivity index (χ1) is 12.1. The van der Waals surface area contributed by atoms with Crippen LogP contribution in [0.3, 0.4) is 0 Å². The van der Waals surface area contributed by atoms with Gasteiger partial charge in [0.2, 0.25) is 5.89 Å². The van der Waals surface area contributed by atoms with E-state index in [9.17, 15) is 8.78 Å². The number of piperazine rings is 1. The summed E-state index contributed by atoms with van der Waals surface area (Å²) in [7, 11) is 1.71. The smallest absolute Gasteiger partial charge is 0.229 e. The van der Waals surface area contributed by atoms with E-state index in [0.29, 0.717) is 12.3 Å². The lowest BCUT2D eigenvalue weighted by atomic mass is 10.2. The maximum Gasteiger partial charge on any atom is 0.229 e. The number of aryl methyl sites for hydroxylation is 1. The topological polar surface area (TPSA) is 41.7 Å². The SMILES string of the molecule is COCCN1CCN(Cc2nc(-c3cccc(F)c3F)oc2C)CC1. The van der Waals surface area contributed by atoms with Crippen LogP contribution in [0.5, 0.6) is 0 Å². The highest BCUT2D eigenvalue weighted by atomic mass is 19.2. The minimum atomic E-state index is -0.929. The van der Waals surface area contributed by atoms with Crippen molar-refractivity contribution in [1.82, 2.24) is 14.8 Å². The monoisotopic (exact) mass is 351 g/mol. The van der Waals surface area contributed by atoms with Crippen LogP contribution in [0.15, 0.2) is 22.6 Å². The highest BCUT2D eigenvalue weighted by Gasteiger charge is 2.21. The van der Waals surface area contributed by atoms with Gasteiger partial charge in [0.15, 0.2) is 11.6 Å². The Kier molecular flexibility index (Phi) is 5.78. The van der Waals surface area contributed by atoms with Gasteiger partial charge in [-0.05, 0) is 19.1 Å². The molecule has 25 heavy (non-hydrogen) atoms. The molecule has 1 aromatic carbocycles. The van der Waals surface area contributed by atoms with E-state index in [1.54, 1.807) is 14.0 Å². The van der Waals surface area contributed by atoms with Crippen LogP contribution < -0.4 is 0 Å². The summed E-state index contributed by atoms with van der Waals surface area (Å²) in [5, 5.41) is 0. The van der Waals surface area contributed by atoms with E-state index >= 15 is 0 Å². The molecule has 1 fully saturated rings.